The zero-order valence-electron chi connectivity index (χ0n) is 13.9. The molecular formula is C17H21FN4O3. The molecule has 1 amide bonds. The maximum atomic E-state index is 13.2. The Morgan fingerprint density at radius 1 is 1.32 bits per heavy atom. The van der Waals surface area contributed by atoms with Crippen LogP contribution in [0.25, 0.3) is 11.4 Å². The molecule has 1 saturated heterocycles. The van der Waals surface area contributed by atoms with E-state index in [1.165, 1.54) is 12.1 Å². The van der Waals surface area contributed by atoms with Gasteiger partial charge in [0, 0.05) is 44.6 Å². The second kappa shape index (κ2) is 8.68. The lowest BCUT2D eigenvalue weighted by molar-refractivity contribution is -0.121. The van der Waals surface area contributed by atoms with E-state index >= 15 is 0 Å². The van der Waals surface area contributed by atoms with Crippen LogP contribution in [0.4, 0.5) is 4.39 Å². The van der Waals surface area contributed by atoms with Crippen molar-refractivity contribution >= 4 is 5.91 Å². The number of aryl methyl sites for hydroxylation is 1. The van der Waals surface area contributed by atoms with Crippen LogP contribution in [0, 0.1) is 5.82 Å². The third kappa shape index (κ3) is 5.33. The lowest BCUT2D eigenvalue weighted by Gasteiger charge is -2.26. The normalized spacial score (nSPS) is 15.2. The highest BCUT2D eigenvalue weighted by atomic mass is 19.1. The fourth-order valence-electron chi connectivity index (χ4n) is 2.59. The molecule has 2 aromatic rings. The van der Waals surface area contributed by atoms with Crippen molar-refractivity contribution in [3.63, 3.8) is 0 Å². The summed E-state index contributed by atoms with van der Waals surface area (Å²) in [5.41, 5.74) is 0.546. The number of amides is 1. The summed E-state index contributed by atoms with van der Waals surface area (Å²) in [6.07, 6.45) is 0.625. The summed E-state index contributed by atoms with van der Waals surface area (Å²) in [7, 11) is 0. The minimum absolute atomic E-state index is 0.0567. The SMILES string of the molecule is O=C(CCc1nc(-c2cccc(F)c2)no1)NCCN1CCOCC1. The largest absolute Gasteiger partial charge is 0.379 e. The highest BCUT2D eigenvalue weighted by molar-refractivity contribution is 5.76. The molecule has 0 radical (unpaired) electrons. The predicted molar refractivity (Wildman–Crippen MR) is 88.3 cm³/mol. The average molecular weight is 348 g/mol. The molecule has 1 N–H and O–H groups in total. The number of carbonyl (C=O) groups excluding carboxylic acids is 1. The molecule has 0 aliphatic carbocycles. The highest BCUT2D eigenvalue weighted by Gasteiger charge is 2.12. The molecule has 1 fully saturated rings. The molecule has 1 aromatic carbocycles. The van der Waals surface area contributed by atoms with Gasteiger partial charge in [-0.3, -0.25) is 9.69 Å². The number of benzene rings is 1. The molecule has 8 heteroatoms. The number of nitrogens with zero attached hydrogens (tertiary/aromatic N) is 3. The van der Waals surface area contributed by atoms with Gasteiger partial charge in [-0.2, -0.15) is 4.98 Å². The van der Waals surface area contributed by atoms with E-state index < -0.39 is 0 Å². The second-order valence-electron chi connectivity index (χ2n) is 5.83. The van der Waals surface area contributed by atoms with Gasteiger partial charge in [-0.05, 0) is 12.1 Å². The molecule has 1 aliphatic heterocycles. The second-order valence-corrected chi connectivity index (χ2v) is 5.83. The summed E-state index contributed by atoms with van der Waals surface area (Å²) in [5.74, 6) is 0.270. The van der Waals surface area contributed by atoms with E-state index in [9.17, 15) is 9.18 Å². The van der Waals surface area contributed by atoms with Crippen LogP contribution in [0.3, 0.4) is 0 Å². The van der Waals surface area contributed by atoms with E-state index in [0.717, 1.165) is 32.8 Å². The Balaban J connectivity index is 1.40. The summed E-state index contributed by atoms with van der Waals surface area (Å²) in [6.45, 7) is 4.73. The molecule has 134 valence electrons. The summed E-state index contributed by atoms with van der Waals surface area (Å²) in [5, 5.41) is 6.71. The number of hydrogen-bond donors (Lipinski definition) is 1. The van der Waals surface area contributed by atoms with Gasteiger partial charge in [0.25, 0.3) is 0 Å². The predicted octanol–water partition coefficient (Wildman–Crippen LogP) is 1.26. The molecule has 0 bridgehead atoms. The number of hydrogen-bond acceptors (Lipinski definition) is 6. The van der Waals surface area contributed by atoms with Crippen LogP contribution in [0.1, 0.15) is 12.3 Å². The Labute approximate surface area is 145 Å². The zero-order chi connectivity index (χ0) is 17.5. The van der Waals surface area contributed by atoms with Gasteiger partial charge in [0.15, 0.2) is 0 Å². The summed E-state index contributed by atoms with van der Waals surface area (Å²) < 4.78 is 23.6. The van der Waals surface area contributed by atoms with E-state index in [0.29, 0.717) is 30.2 Å². The number of nitrogens with one attached hydrogen (secondary N) is 1. The van der Waals surface area contributed by atoms with Crippen LogP contribution >= 0.6 is 0 Å². The molecule has 2 heterocycles. The molecule has 7 nitrogen and oxygen atoms in total. The number of carbonyl (C=O) groups is 1. The maximum absolute atomic E-state index is 13.2. The summed E-state index contributed by atoms with van der Waals surface area (Å²) >= 11 is 0. The molecule has 3 rings (SSSR count). The number of ether oxygens (including phenoxy) is 1. The third-order valence-corrected chi connectivity index (χ3v) is 3.97. The maximum Gasteiger partial charge on any atom is 0.227 e. The van der Waals surface area contributed by atoms with Crippen molar-refractivity contribution in [1.29, 1.82) is 0 Å². The Bertz CT molecular complexity index is 701. The molecule has 25 heavy (non-hydrogen) atoms. The minimum Gasteiger partial charge on any atom is -0.379 e. The number of halogens is 1. The standard InChI is InChI=1S/C17H21FN4O3/c18-14-3-1-2-13(12-14)17-20-16(25-21-17)5-4-15(23)19-6-7-22-8-10-24-11-9-22/h1-3,12H,4-11H2,(H,19,23). The molecule has 0 atom stereocenters. The fraction of sp³-hybridized carbons (Fsp3) is 0.471. The summed E-state index contributed by atoms with van der Waals surface area (Å²) in [6, 6.07) is 5.98. The van der Waals surface area contributed by atoms with E-state index in [4.69, 9.17) is 9.26 Å². The van der Waals surface area contributed by atoms with E-state index in [2.05, 4.69) is 20.4 Å². The topological polar surface area (TPSA) is 80.5 Å². The van der Waals surface area contributed by atoms with Crippen molar-refractivity contribution in [2.75, 3.05) is 39.4 Å². The van der Waals surface area contributed by atoms with E-state index in [1.54, 1.807) is 12.1 Å². The lowest BCUT2D eigenvalue weighted by atomic mass is 10.2. The van der Waals surface area contributed by atoms with E-state index in [-0.39, 0.29) is 18.1 Å². The monoisotopic (exact) mass is 348 g/mol. The van der Waals surface area contributed by atoms with Crippen LogP contribution < -0.4 is 5.32 Å². The fourth-order valence-corrected chi connectivity index (χ4v) is 2.59. The van der Waals surface area contributed by atoms with Crippen molar-refractivity contribution in [3.05, 3.63) is 36.0 Å². The van der Waals surface area contributed by atoms with Gasteiger partial charge >= 0.3 is 0 Å². The van der Waals surface area contributed by atoms with Crippen LogP contribution in [0.2, 0.25) is 0 Å². The smallest absolute Gasteiger partial charge is 0.227 e. The van der Waals surface area contributed by atoms with Crippen molar-refractivity contribution in [3.8, 4) is 11.4 Å². The molecule has 0 spiro atoms. The first-order chi connectivity index (χ1) is 12.2. The van der Waals surface area contributed by atoms with Crippen molar-refractivity contribution in [2.45, 2.75) is 12.8 Å². The first-order valence-corrected chi connectivity index (χ1v) is 8.36. The summed E-state index contributed by atoms with van der Waals surface area (Å²) in [4.78, 5) is 18.3. The van der Waals surface area contributed by atoms with Gasteiger partial charge in [0.05, 0.1) is 13.2 Å². The Hall–Kier alpha value is -2.32. The Morgan fingerprint density at radius 3 is 2.96 bits per heavy atom. The number of aromatic nitrogens is 2. The van der Waals surface area contributed by atoms with Gasteiger partial charge in [-0.1, -0.05) is 17.3 Å². The Morgan fingerprint density at radius 2 is 2.16 bits per heavy atom. The number of morpholine rings is 1. The van der Waals surface area contributed by atoms with Crippen LogP contribution in [0.5, 0.6) is 0 Å². The van der Waals surface area contributed by atoms with Crippen LogP contribution in [-0.4, -0.2) is 60.3 Å². The quantitative estimate of drug-likeness (QED) is 0.811. The van der Waals surface area contributed by atoms with Gasteiger partial charge in [0.2, 0.25) is 17.6 Å². The minimum atomic E-state index is -0.358. The molecular weight excluding hydrogens is 327 g/mol. The number of rotatable bonds is 7. The van der Waals surface area contributed by atoms with Crippen LogP contribution in [0.15, 0.2) is 28.8 Å². The molecule has 1 aromatic heterocycles. The molecule has 0 unspecified atom stereocenters. The van der Waals surface area contributed by atoms with Gasteiger partial charge < -0.3 is 14.6 Å². The van der Waals surface area contributed by atoms with Gasteiger partial charge in [0.1, 0.15) is 5.82 Å². The molecule has 1 aliphatic rings. The first kappa shape index (κ1) is 17.5. The van der Waals surface area contributed by atoms with E-state index in [1.807, 2.05) is 0 Å². The van der Waals surface area contributed by atoms with Crippen molar-refractivity contribution in [1.82, 2.24) is 20.4 Å². The highest BCUT2D eigenvalue weighted by Crippen LogP contribution is 2.17. The third-order valence-electron chi connectivity index (χ3n) is 3.97. The van der Waals surface area contributed by atoms with Gasteiger partial charge in [-0.25, -0.2) is 4.39 Å². The van der Waals surface area contributed by atoms with Crippen molar-refractivity contribution in [2.24, 2.45) is 0 Å². The zero-order valence-corrected chi connectivity index (χ0v) is 13.9. The Kier molecular flexibility index (Phi) is 6.08. The average Bonchev–Trinajstić information content (AvgIpc) is 3.10. The molecule has 0 saturated carbocycles. The first-order valence-electron chi connectivity index (χ1n) is 8.36. The lowest BCUT2D eigenvalue weighted by Crippen LogP contribution is -2.41. The van der Waals surface area contributed by atoms with Gasteiger partial charge in [-0.15, -0.1) is 0 Å². The van der Waals surface area contributed by atoms with Crippen molar-refractivity contribution < 1.29 is 18.4 Å². The van der Waals surface area contributed by atoms with Crippen LogP contribution in [-0.2, 0) is 16.0 Å².